The zero-order valence-electron chi connectivity index (χ0n) is 7.23. The molecule has 0 aliphatic heterocycles. The maximum absolute atomic E-state index is 9.11. The maximum Gasteiger partial charge on any atom is 0.161 e. The monoisotopic (exact) mass is 180 g/mol. The maximum atomic E-state index is 9.11. The first-order chi connectivity index (χ1) is 6.24. The molecule has 0 fully saturated rings. The molecule has 0 atom stereocenters. The first-order valence-electron chi connectivity index (χ1n) is 3.99. The number of ether oxygens (including phenoxy) is 1. The molecule has 0 unspecified atom stereocenters. The second kappa shape index (κ2) is 4.40. The van der Waals surface area contributed by atoms with E-state index in [0.29, 0.717) is 12.4 Å². The average Bonchev–Trinajstić information content (AvgIpc) is 2.12. The van der Waals surface area contributed by atoms with Crippen molar-refractivity contribution in [1.82, 2.24) is 0 Å². The first-order valence-corrected chi connectivity index (χ1v) is 3.99. The Bertz CT molecular complexity index is 294. The molecule has 13 heavy (non-hydrogen) atoms. The number of phenolic OH excluding ortho intramolecular Hbond substituents is 2. The molecule has 1 rings (SSSR count). The third kappa shape index (κ3) is 2.71. The molecular weight excluding hydrogens is 168 g/mol. The molecule has 1 aromatic rings. The topological polar surface area (TPSA) is 49.7 Å². The molecule has 0 saturated carbocycles. The molecule has 0 heterocycles. The summed E-state index contributed by atoms with van der Waals surface area (Å²) in [6.07, 6.45) is 2.50. The van der Waals surface area contributed by atoms with Crippen molar-refractivity contribution in [2.75, 3.05) is 6.61 Å². The summed E-state index contributed by atoms with van der Waals surface area (Å²) < 4.78 is 5.24. The highest BCUT2D eigenvalue weighted by Crippen LogP contribution is 2.28. The van der Waals surface area contributed by atoms with E-state index in [-0.39, 0.29) is 11.5 Å². The lowest BCUT2D eigenvalue weighted by molar-refractivity contribution is 0.320. The minimum Gasteiger partial charge on any atom is -0.504 e. The van der Waals surface area contributed by atoms with Crippen LogP contribution in [0.2, 0.25) is 0 Å². The fourth-order valence-electron chi connectivity index (χ4n) is 0.853. The minimum atomic E-state index is -0.170. The minimum absolute atomic E-state index is 0.143. The molecule has 0 amide bonds. The van der Waals surface area contributed by atoms with Gasteiger partial charge in [-0.3, -0.25) is 0 Å². The van der Waals surface area contributed by atoms with Crippen LogP contribution < -0.4 is 4.74 Å². The lowest BCUT2D eigenvalue weighted by Crippen LogP contribution is -1.94. The van der Waals surface area contributed by atoms with Gasteiger partial charge in [-0.2, -0.15) is 0 Å². The van der Waals surface area contributed by atoms with Crippen molar-refractivity contribution in [3.8, 4) is 17.2 Å². The van der Waals surface area contributed by atoms with Gasteiger partial charge in [0, 0.05) is 6.07 Å². The molecule has 0 spiro atoms. The summed E-state index contributed by atoms with van der Waals surface area (Å²) in [5, 5.41) is 18.1. The average molecular weight is 180 g/mol. The van der Waals surface area contributed by atoms with Crippen LogP contribution in [0.4, 0.5) is 0 Å². The Morgan fingerprint density at radius 2 is 2.08 bits per heavy atom. The van der Waals surface area contributed by atoms with E-state index in [9.17, 15) is 0 Å². The van der Waals surface area contributed by atoms with E-state index in [4.69, 9.17) is 14.9 Å². The molecule has 2 N–H and O–H groups in total. The highest BCUT2D eigenvalue weighted by molar-refractivity contribution is 5.43. The summed E-state index contributed by atoms with van der Waals surface area (Å²) in [5.74, 6) is 0.226. The van der Waals surface area contributed by atoms with Gasteiger partial charge in [0.25, 0.3) is 0 Å². The van der Waals surface area contributed by atoms with Crippen LogP contribution in [0.25, 0.3) is 0 Å². The van der Waals surface area contributed by atoms with Crippen LogP contribution >= 0.6 is 0 Å². The van der Waals surface area contributed by atoms with Gasteiger partial charge >= 0.3 is 0 Å². The quantitative estimate of drug-likeness (QED) is 0.423. The van der Waals surface area contributed by atoms with Gasteiger partial charge in [0.1, 0.15) is 5.75 Å². The Labute approximate surface area is 76.9 Å². The summed E-state index contributed by atoms with van der Waals surface area (Å²) in [6, 6.07) is 4.36. The molecule has 0 radical (unpaired) electrons. The third-order valence-corrected chi connectivity index (χ3v) is 1.54. The van der Waals surface area contributed by atoms with Crippen molar-refractivity contribution in [2.45, 2.75) is 6.42 Å². The predicted octanol–water partition coefficient (Wildman–Crippen LogP) is 2.05. The van der Waals surface area contributed by atoms with E-state index in [1.165, 1.54) is 12.1 Å². The smallest absolute Gasteiger partial charge is 0.161 e. The van der Waals surface area contributed by atoms with E-state index in [2.05, 4.69) is 6.58 Å². The van der Waals surface area contributed by atoms with Crippen molar-refractivity contribution >= 4 is 0 Å². The van der Waals surface area contributed by atoms with Gasteiger partial charge in [0.2, 0.25) is 0 Å². The molecule has 0 aromatic heterocycles. The third-order valence-electron chi connectivity index (χ3n) is 1.54. The lowest BCUT2D eigenvalue weighted by Gasteiger charge is -2.05. The number of rotatable bonds is 4. The molecule has 3 heteroatoms. The summed E-state index contributed by atoms with van der Waals surface area (Å²) >= 11 is 0. The second-order valence-corrected chi connectivity index (χ2v) is 2.58. The number of benzene rings is 1. The van der Waals surface area contributed by atoms with Gasteiger partial charge in [-0.1, -0.05) is 6.08 Å². The highest BCUT2D eigenvalue weighted by Gasteiger charge is 2.00. The number of phenols is 2. The predicted molar refractivity (Wildman–Crippen MR) is 50.1 cm³/mol. The van der Waals surface area contributed by atoms with Gasteiger partial charge in [-0.05, 0) is 18.6 Å². The summed E-state index contributed by atoms with van der Waals surface area (Å²) in [6.45, 7) is 4.08. The van der Waals surface area contributed by atoms with Gasteiger partial charge in [0.15, 0.2) is 11.5 Å². The van der Waals surface area contributed by atoms with Crippen molar-refractivity contribution in [2.24, 2.45) is 0 Å². The zero-order valence-corrected chi connectivity index (χ0v) is 7.23. The summed E-state index contributed by atoms with van der Waals surface area (Å²) in [4.78, 5) is 0. The van der Waals surface area contributed by atoms with E-state index < -0.39 is 0 Å². The standard InChI is InChI=1S/C10H12O3/c1-2-3-6-13-8-4-5-9(11)10(12)7-8/h2,4-5,7,11-12H,1,3,6H2. The van der Waals surface area contributed by atoms with Crippen LogP contribution in [0, 0.1) is 0 Å². The fourth-order valence-corrected chi connectivity index (χ4v) is 0.853. The van der Waals surface area contributed by atoms with E-state index in [0.717, 1.165) is 6.42 Å². The molecule has 70 valence electrons. The van der Waals surface area contributed by atoms with Crippen molar-refractivity contribution in [3.63, 3.8) is 0 Å². The van der Waals surface area contributed by atoms with Crippen molar-refractivity contribution in [1.29, 1.82) is 0 Å². The Kier molecular flexibility index (Phi) is 3.20. The largest absolute Gasteiger partial charge is 0.504 e. The van der Waals surface area contributed by atoms with Crippen LogP contribution in [0.5, 0.6) is 17.2 Å². The van der Waals surface area contributed by atoms with Crippen LogP contribution in [0.1, 0.15) is 6.42 Å². The molecule has 0 aliphatic rings. The molecule has 1 aromatic carbocycles. The summed E-state index contributed by atoms with van der Waals surface area (Å²) in [7, 11) is 0. The van der Waals surface area contributed by atoms with Gasteiger partial charge in [0.05, 0.1) is 6.61 Å². The van der Waals surface area contributed by atoms with Crippen molar-refractivity contribution in [3.05, 3.63) is 30.9 Å². The molecule has 0 aliphatic carbocycles. The molecule has 3 nitrogen and oxygen atoms in total. The first kappa shape index (κ1) is 9.45. The molecular formula is C10H12O3. The number of hydrogen-bond donors (Lipinski definition) is 2. The van der Waals surface area contributed by atoms with E-state index in [1.807, 2.05) is 0 Å². The SMILES string of the molecule is C=CCCOc1ccc(O)c(O)c1. The molecule has 0 saturated heterocycles. The van der Waals surface area contributed by atoms with Crippen LogP contribution in [-0.4, -0.2) is 16.8 Å². The van der Waals surface area contributed by atoms with Crippen LogP contribution in [-0.2, 0) is 0 Å². The highest BCUT2D eigenvalue weighted by atomic mass is 16.5. The molecule has 0 bridgehead atoms. The van der Waals surface area contributed by atoms with Crippen LogP contribution in [0.15, 0.2) is 30.9 Å². The Morgan fingerprint density at radius 3 is 2.69 bits per heavy atom. The lowest BCUT2D eigenvalue weighted by atomic mass is 10.3. The van der Waals surface area contributed by atoms with E-state index in [1.54, 1.807) is 12.1 Å². The van der Waals surface area contributed by atoms with Crippen LogP contribution in [0.3, 0.4) is 0 Å². The fraction of sp³-hybridized carbons (Fsp3) is 0.200. The Hall–Kier alpha value is -1.64. The van der Waals surface area contributed by atoms with Crippen molar-refractivity contribution < 1.29 is 14.9 Å². The van der Waals surface area contributed by atoms with Gasteiger partial charge in [-0.25, -0.2) is 0 Å². The number of aromatic hydroxyl groups is 2. The number of hydrogen-bond acceptors (Lipinski definition) is 3. The van der Waals surface area contributed by atoms with Gasteiger partial charge < -0.3 is 14.9 Å². The second-order valence-electron chi connectivity index (χ2n) is 2.58. The zero-order chi connectivity index (χ0) is 9.68. The Balaban J connectivity index is 2.57. The van der Waals surface area contributed by atoms with Gasteiger partial charge in [-0.15, -0.1) is 6.58 Å². The van der Waals surface area contributed by atoms with E-state index >= 15 is 0 Å². The normalized spacial score (nSPS) is 9.54. The Morgan fingerprint density at radius 1 is 1.31 bits per heavy atom. The summed E-state index contributed by atoms with van der Waals surface area (Å²) in [5.41, 5.74) is 0.